The lowest BCUT2D eigenvalue weighted by Gasteiger charge is -2.33. The van der Waals surface area contributed by atoms with Gasteiger partial charge in [0.25, 0.3) is 5.56 Å². The van der Waals surface area contributed by atoms with E-state index in [4.69, 9.17) is 4.74 Å². The van der Waals surface area contributed by atoms with Crippen LogP contribution in [0.15, 0.2) is 53.5 Å². The molecule has 1 saturated carbocycles. The zero-order chi connectivity index (χ0) is 17.8. The molecule has 1 aromatic carbocycles. The van der Waals surface area contributed by atoms with Gasteiger partial charge in [-0.3, -0.25) is 14.4 Å². The van der Waals surface area contributed by atoms with Gasteiger partial charge in [-0.2, -0.15) is 0 Å². The van der Waals surface area contributed by atoms with Gasteiger partial charge in [-0.15, -0.1) is 0 Å². The van der Waals surface area contributed by atoms with E-state index >= 15 is 0 Å². The number of amides is 1. The quantitative estimate of drug-likeness (QED) is 0.846. The second kappa shape index (κ2) is 7.34. The molecule has 0 aliphatic heterocycles. The van der Waals surface area contributed by atoms with Crippen molar-refractivity contribution in [2.45, 2.75) is 19.4 Å². The summed E-state index contributed by atoms with van der Waals surface area (Å²) in [5, 5.41) is 2.71. The molecule has 130 valence electrons. The lowest BCUT2D eigenvalue weighted by molar-refractivity contribution is -0.158. The third-order valence-corrected chi connectivity index (χ3v) is 4.51. The fourth-order valence-corrected chi connectivity index (χ4v) is 2.79. The Morgan fingerprint density at radius 2 is 1.88 bits per heavy atom. The number of carbonyl (C=O) groups is 2. The van der Waals surface area contributed by atoms with Gasteiger partial charge in [0.15, 0.2) is 0 Å². The molecule has 1 aromatic heterocycles. The highest BCUT2D eigenvalue weighted by Gasteiger charge is 2.42. The van der Waals surface area contributed by atoms with E-state index in [-0.39, 0.29) is 24.0 Å². The Bertz CT molecular complexity index is 829. The van der Waals surface area contributed by atoms with E-state index in [0.29, 0.717) is 18.5 Å². The van der Waals surface area contributed by atoms with Gasteiger partial charge in [-0.05, 0) is 24.5 Å². The van der Waals surface area contributed by atoms with Crippen molar-refractivity contribution in [3.05, 3.63) is 64.6 Å². The monoisotopic (exact) mass is 340 g/mol. The van der Waals surface area contributed by atoms with Crippen LogP contribution in [0.25, 0.3) is 0 Å². The molecule has 25 heavy (non-hydrogen) atoms. The van der Waals surface area contributed by atoms with E-state index in [9.17, 15) is 14.4 Å². The SMILES string of the molecule is Cn1ccc(NC(=O)[C@@H]2CCC2C(=O)OCc2ccccc2)cc1=O. The summed E-state index contributed by atoms with van der Waals surface area (Å²) in [6, 6.07) is 12.4. The smallest absolute Gasteiger partial charge is 0.310 e. The molecule has 2 atom stereocenters. The van der Waals surface area contributed by atoms with Gasteiger partial charge < -0.3 is 14.6 Å². The first-order chi connectivity index (χ1) is 12.0. The lowest BCUT2D eigenvalue weighted by Crippen LogP contribution is -2.42. The van der Waals surface area contributed by atoms with Crippen LogP contribution in [0.3, 0.4) is 0 Å². The van der Waals surface area contributed by atoms with Gasteiger partial charge in [0.2, 0.25) is 5.91 Å². The molecule has 0 bridgehead atoms. The number of hydrogen-bond donors (Lipinski definition) is 1. The number of esters is 1. The summed E-state index contributed by atoms with van der Waals surface area (Å²) in [6.45, 7) is 0.208. The third kappa shape index (κ3) is 3.96. The molecule has 0 radical (unpaired) electrons. The molecule has 1 aliphatic carbocycles. The summed E-state index contributed by atoms with van der Waals surface area (Å²) < 4.78 is 6.74. The molecule has 3 rings (SSSR count). The number of pyridine rings is 1. The molecule has 1 fully saturated rings. The molecule has 1 amide bonds. The van der Waals surface area contributed by atoms with E-state index in [1.165, 1.54) is 10.6 Å². The molecular weight excluding hydrogens is 320 g/mol. The van der Waals surface area contributed by atoms with Gasteiger partial charge >= 0.3 is 5.97 Å². The summed E-state index contributed by atoms with van der Waals surface area (Å²) in [5.41, 5.74) is 1.15. The molecule has 0 spiro atoms. The number of aryl methyl sites for hydroxylation is 1. The van der Waals surface area contributed by atoms with Crippen LogP contribution in [0, 0.1) is 11.8 Å². The topological polar surface area (TPSA) is 77.4 Å². The van der Waals surface area contributed by atoms with Crippen LogP contribution in [0.4, 0.5) is 5.69 Å². The Labute approximate surface area is 145 Å². The first-order valence-corrected chi connectivity index (χ1v) is 8.22. The van der Waals surface area contributed by atoms with Crippen LogP contribution in [0.2, 0.25) is 0 Å². The zero-order valence-corrected chi connectivity index (χ0v) is 14.0. The number of hydrogen-bond acceptors (Lipinski definition) is 4. The van der Waals surface area contributed by atoms with Crippen molar-refractivity contribution in [2.24, 2.45) is 18.9 Å². The van der Waals surface area contributed by atoms with Gasteiger partial charge in [0.1, 0.15) is 6.61 Å². The number of nitrogens with zero attached hydrogens (tertiary/aromatic N) is 1. The molecule has 6 nitrogen and oxygen atoms in total. The van der Waals surface area contributed by atoms with Crippen LogP contribution in [0.1, 0.15) is 18.4 Å². The molecule has 1 unspecified atom stereocenters. The van der Waals surface area contributed by atoms with E-state index < -0.39 is 11.8 Å². The first kappa shape index (κ1) is 17.0. The highest BCUT2D eigenvalue weighted by Crippen LogP contribution is 2.36. The number of ether oxygens (including phenoxy) is 1. The number of carbonyl (C=O) groups excluding carboxylic acids is 2. The normalized spacial score (nSPS) is 18.9. The third-order valence-electron chi connectivity index (χ3n) is 4.51. The van der Waals surface area contributed by atoms with E-state index in [1.54, 1.807) is 19.3 Å². The number of rotatable bonds is 5. The standard InChI is InChI=1S/C19H20N2O4/c1-21-10-9-14(11-17(21)22)20-18(23)15-7-8-16(15)19(24)25-12-13-5-3-2-4-6-13/h2-6,9-11,15-16H,7-8,12H2,1H3,(H,20,23)/t15-,16?/m1/s1. The molecule has 0 saturated heterocycles. The van der Waals surface area contributed by atoms with Crippen molar-refractivity contribution in [3.8, 4) is 0 Å². The fraction of sp³-hybridized carbons (Fsp3) is 0.316. The number of nitrogens with one attached hydrogen (secondary N) is 1. The van der Waals surface area contributed by atoms with Gasteiger partial charge in [-0.1, -0.05) is 30.3 Å². The Balaban J connectivity index is 1.55. The number of benzene rings is 1. The van der Waals surface area contributed by atoms with Gasteiger partial charge in [0.05, 0.1) is 11.8 Å². The van der Waals surface area contributed by atoms with Crippen molar-refractivity contribution in [2.75, 3.05) is 5.32 Å². The average molecular weight is 340 g/mol. The van der Waals surface area contributed by atoms with E-state index in [1.807, 2.05) is 30.3 Å². The molecule has 2 aromatic rings. The van der Waals surface area contributed by atoms with Crippen molar-refractivity contribution in [1.29, 1.82) is 0 Å². The van der Waals surface area contributed by atoms with Gasteiger partial charge in [-0.25, -0.2) is 0 Å². The first-order valence-electron chi connectivity index (χ1n) is 8.22. The fourth-order valence-electron chi connectivity index (χ4n) is 2.79. The summed E-state index contributed by atoms with van der Waals surface area (Å²) in [5.74, 6) is -1.43. The Kier molecular flexibility index (Phi) is 4.97. The Morgan fingerprint density at radius 1 is 1.16 bits per heavy atom. The second-order valence-corrected chi connectivity index (χ2v) is 6.24. The molecular formula is C19H20N2O4. The van der Waals surface area contributed by atoms with Crippen molar-refractivity contribution >= 4 is 17.6 Å². The highest BCUT2D eigenvalue weighted by atomic mass is 16.5. The van der Waals surface area contributed by atoms with Crippen LogP contribution in [0.5, 0.6) is 0 Å². The van der Waals surface area contributed by atoms with Crippen molar-refractivity contribution < 1.29 is 14.3 Å². The lowest BCUT2D eigenvalue weighted by atomic mass is 9.73. The number of anilines is 1. The maximum absolute atomic E-state index is 12.4. The molecule has 6 heteroatoms. The Hall–Kier alpha value is -2.89. The van der Waals surface area contributed by atoms with Crippen molar-refractivity contribution in [1.82, 2.24) is 4.57 Å². The van der Waals surface area contributed by atoms with Crippen LogP contribution in [-0.2, 0) is 28.0 Å². The molecule has 1 heterocycles. The van der Waals surface area contributed by atoms with E-state index in [2.05, 4.69) is 5.32 Å². The van der Waals surface area contributed by atoms with Crippen LogP contribution < -0.4 is 10.9 Å². The predicted molar refractivity (Wildman–Crippen MR) is 92.8 cm³/mol. The minimum absolute atomic E-state index is 0.203. The van der Waals surface area contributed by atoms with E-state index in [0.717, 1.165) is 5.56 Å². The highest BCUT2D eigenvalue weighted by molar-refractivity contribution is 5.96. The number of aromatic nitrogens is 1. The molecule has 1 N–H and O–H groups in total. The predicted octanol–water partition coefficient (Wildman–Crippen LogP) is 2.09. The Morgan fingerprint density at radius 3 is 2.52 bits per heavy atom. The zero-order valence-electron chi connectivity index (χ0n) is 14.0. The van der Waals surface area contributed by atoms with Crippen LogP contribution >= 0.6 is 0 Å². The summed E-state index contributed by atoms with van der Waals surface area (Å²) >= 11 is 0. The average Bonchev–Trinajstić information content (AvgIpc) is 2.56. The summed E-state index contributed by atoms with van der Waals surface area (Å²) in [6.07, 6.45) is 2.87. The summed E-state index contributed by atoms with van der Waals surface area (Å²) in [7, 11) is 1.64. The summed E-state index contributed by atoms with van der Waals surface area (Å²) in [4.78, 5) is 36.2. The van der Waals surface area contributed by atoms with Gasteiger partial charge in [0, 0.05) is 25.0 Å². The van der Waals surface area contributed by atoms with Crippen LogP contribution in [-0.4, -0.2) is 16.4 Å². The second-order valence-electron chi connectivity index (χ2n) is 6.24. The maximum atomic E-state index is 12.4. The largest absolute Gasteiger partial charge is 0.461 e. The molecule has 1 aliphatic rings. The maximum Gasteiger partial charge on any atom is 0.310 e. The minimum atomic E-state index is -0.421. The minimum Gasteiger partial charge on any atom is -0.461 e. The van der Waals surface area contributed by atoms with Crippen molar-refractivity contribution in [3.63, 3.8) is 0 Å².